The topological polar surface area (TPSA) is 66.9 Å². The van der Waals surface area contributed by atoms with E-state index in [-0.39, 0.29) is 0 Å². The molecule has 1 aromatic heterocycles. The summed E-state index contributed by atoms with van der Waals surface area (Å²) in [6, 6.07) is 0.512. The maximum absolute atomic E-state index is 13.0. The number of hydrogen-bond donors (Lipinski definition) is 2. The molecule has 1 aromatic rings. The summed E-state index contributed by atoms with van der Waals surface area (Å²) < 4.78 is 14.2. The molecule has 0 radical (unpaired) electrons. The summed E-state index contributed by atoms with van der Waals surface area (Å²) >= 11 is 0. The second-order valence-corrected chi connectivity index (χ2v) is 4.37. The largest absolute Gasteiger partial charge is 0.328 e. The molecule has 0 amide bonds. The maximum Gasteiger partial charge on any atom is 0.328 e. The molecule has 1 unspecified atom stereocenters. The first-order chi connectivity index (χ1) is 8.16. The number of H-pyrrole nitrogens is 1. The van der Waals surface area contributed by atoms with E-state index in [1.807, 2.05) is 4.98 Å². The number of nitrogens with one attached hydrogen (secondary N) is 2. The fraction of sp³-hybridized carbons (Fsp3) is 0.636. The van der Waals surface area contributed by atoms with Crippen molar-refractivity contribution in [1.82, 2.24) is 14.9 Å². The van der Waals surface area contributed by atoms with Crippen molar-refractivity contribution in [2.24, 2.45) is 0 Å². The summed E-state index contributed by atoms with van der Waals surface area (Å²) in [7, 11) is 0. The minimum atomic E-state index is -0.955. The second-order valence-electron chi connectivity index (χ2n) is 4.37. The molecule has 5 nitrogen and oxygen atoms in total. The van der Waals surface area contributed by atoms with Gasteiger partial charge in [-0.2, -0.15) is 4.39 Å². The molecule has 94 valence electrons. The number of nitrogens with zero attached hydrogens (tertiary/aromatic N) is 1. The Hall–Kier alpha value is -1.43. The van der Waals surface area contributed by atoms with Crippen molar-refractivity contribution in [2.45, 2.75) is 38.3 Å². The normalized spacial score (nSPS) is 19.7. The summed E-state index contributed by atoms with van der Waals surface area (Å²) in [5, 5.41) is 3.36. The van der Waals surface area contributed by atoms with E-state index in [4.69, 9.17) is 0 Å². The van der Waals surface area contributed by atoms with Gasteiger partial charge in [0.25, 0.3) is 5.56 Å². The Morgan fingerprint density at radius 2 is 2.29 bits per heavy atom. The van der Waals surface area contributed by atoms with Gasteiger partial charge in [-0.15, -0.1) is 0 Å². The highest BCUT2D eigenvalue weighted by Gasteiger charge is 2.13. The summed E-state index contributed by atoms with van der Waals surface area (Å²) in [5.41, 5.74) is -1.50. The highest BCUT2D eigenvalue weighted by atomic mass is 19.1. The number of rotatable bonds is 4. The third-order valence-electron chi connectivity index (χ3n) is 3.08. The Morgan fingerprint density at radius 3 is 3.00 bits per heavy atom. The molecule has 0 saturated carbocycles. The van der Waals surface area contributed by atoms with Crippen molar-refractivity contribution < 1.29 is 4.39 Å². The van der Waals surface area contributed by atoms with Crippen molar-refractivity contribution in [1.29, 1.82) is 0 Å². The zero-order valence-corrected chi connectivity index (χ0v) is 9.54. The lowest BCUT2D eigenvalue weighted by Crippen LogP contribution is -2.31. The predicted molar refractivity (Wildman–Crippen MR) is 61.5 cm³/mol. The maximum atomic E-state index is 13.0. The van der Waals surface area contributed by atoms with E-state index >= 15 is 0 Å². The van der Waals surface area contributed by atoms with Gasteiger partial charge in [0, 0.05) is 12.6 Å². The van der Waals surface area contributed by atoms with Crippen LogP contribution in [-0.2, 0) is 6.54 Å². The van der Waals surface area contributed by atoms with Gasteiger partial charge in [-0.3, -0.25) is 14.3 Å². The number of aryl methyl sites for hydroxylation is 1. The minimum absolute atomic E-state index is 0.435. The van der Waals surface area contributed by atoms with E-state index in [1.54, 1.807) is 0 Å². The number of halogens is 1. The summed E-state index contributed by atoms with van der Waals surface area (Å²) in [5.74, 6) is -0.913. The summed E-state index contributed by atoms with van der Waals surface area (Å²) in [6.45, 7) is 1.49. The van der Waals surface area contributed by atoms with E-state index in [9.17, 15) is 14.0 Å². The van der Waals surface area contributed by atoms with Gasteiger partial charge in [0.05, 0.1) is 6.20 Å². The third-order valence-corrected chi connectivity index (χ3v) is 3.08. The Morgan fingerprint density at radius 1 is 1.47 bits per heavy atom. The van der Waals surface area contributed by atoms with Crippen molar-refractivity contribution in [3.05, 3.63) is 32.9 Å². The van der Waals surface area contributed by atoms with Crippen LogP contribution in [0.25, 0.3) is 0 Å². The van der Waals surface area contributed by atoms with Gasteiger partial charge in [-0.1, -0.05) is 0 Å². The average molecular weight is 241 g/mol. The minimum Gasteiger partial charge on any atom is -0.314 e. The van der Waals surface area contributed by atoms with Crippen LogP contribution in [0.15, 0.2) is 15.8 Å². The number of hydrogen-bond acceptors (Lipinski definition) is 3. The highest BCUT2D eigenvalue weighted by molar-refractivity contribution is 4.87. The lowest BCUT2D eigenvalue weighted by atomic mass is 10.1. The molecule has 2 heterocycles. The molecule has 2 rings (SSSR count). The van der Waals surface area contributed by atoms with Crippen LogP contribution in [0.5, 0.6) is 0 Å². The summed E-state index contributed by atoms with van der Waals surface area (Å²) in [6.07, 6.45) is 5.09. The molecular formula is C11H16FN3O2. The quantitative estimate of drug-likeness (QED) is 0.791. The Labute approximate surface area is 97.7 Å². The number of aromatic amines is 1. The van der Waals surface area contributed by atoms with Crippen LogP contribution in [0, 0.1) is 5.82 Å². The Balaban J connectivity index is 1.92. The zero-order chi connectivity index (χ0) is 12.3. The van der Waals surface area contributed by atoms with E-state index in [0.29, 0.717) is 12.6 Å². The SMILES string of the molecule is O=c1[nH]c(=O)n(CCCC2CCCN2)cc1F. The Kier molecular flexibility index (Phi) is 3.73. The van der Waals surface area contributed by atoms with Gasteiger partial charge in [0.1, 0.15) is 0 Å². The van der Waals surface area contributed by atoms with Crippen molar-refractivity contribution in [3.8, 4) is 0 Å². The van der Waals surface area contributed by atoms with Gasteiger partial charge in [-0.05, 0) is 32.2 Å². The van der Waals surface area contributed by atoms with Gasteiger partial charge >= 0.3 is 5.69 Å². The first-order valence-corrected chi connectivity index (χ1v) is 5.89. The number of aromatic nitrogens is 2. The monoisotopic (exact) mass is 241 g/mol. The lowest BCUT2D eigenvalue weighted by Gasteiger charge is -2.10. The molecule has 1 saturated heterocycles. The van der Waals surface area contributed by atoms with E-state index in [2.05, 4.69) is 5.32 Å². The molecule has 17 heavy (non-hydrogen) atoms. The average Bonchev–Trinajstić information content (AvgIpc) is 2.78. The molecule has 6 heteroatoms. The third kappa shape index (κ3) is 3.03. The van der Waals surface area contributed by atoms with Crippen molar-refractivity contribution in [2.75, 3.05) is 6.54 Å². The van der Waals surface area contributed by atoms with Crippen LogP contribution in [0.1, 0.15) is 25.7 Å². The molecule has 2 N–H and O–H groups in total. The molecule has 0 bridgehead atoms. The van der Waals surface area contributed by atoms with E-state index in [1.165, 1.54) is 11.0 Å². The molecule has 1 fully saturated rings. The van der Waals surface area contributed by atoms with Crippen LogP contribution >= 0.6 is 0 Å². The van der Waals surface area contributed by atoms with Gasteiger partial charge in [-0.25, -0.2) is 4.79 Å². The van der Waals surface area contributed by atoms with Crippen molar-refractivity contribution in [3.63, 3.8) is 0 Å². The Bertz CT molecular complexity index is 488. The lowest BCUT2D eigenvalue weighted by molar-refractivity contribution is 0.481. The highest BCUT2D eigenvalue weighted by Crippen LogP contribution is 2.10. The predicted octanol–water partition coefficient (Wildman–Crippen LogP) is 0.208. The van der Waals surface area contributed by atoms with E-state index < -0.39 is 17.1 Å². The zero-order valence-electron chi connectivity index (χ0n) is 9.54. The first-order valence-electron chi connectivity index (χ1n) is 5.89. The molecule has 1 aliphatic heterocycles. The fourth-order valence-corrected chi connectivity index (χ4v) is 2.16. The van der Waals surface area contributed by atoms with Crippen molar-refractivity contribution >= 4 is 0 Å². The van der Waals surface area contributed by atoms with Gasteiger partial charge < -0.3 is 5.32 Å². The first kappa shape index (κ1) is 12.0. The van der Waals surface area contributed by atoms with Gasteiger partial charge in [0.15, 0.2) is 0 Å². The molecule has 1 atom stereocenters. The smallest absolute Gasteiger partial charge is 0.314 e. The fourth-order valence-electron chi connectivity index (χ4n) is 2.16. The molecule has 0 spiro atoms. The van der Waals surface area contributed by atoms with Crippen LogP contribution in [0.4, 0.5) is 4.39 Å². The molecule has 0 aliphatic carbocycles. The standard InChI is InChI=1S/C11H16FN3O2/c12-9-7-15(11(17)14-10(9)16)6-2-4-8-3-1-5-13-8/h7-8,13H,1-6H2,(H,14,16,17). The summed E-state index contributed by atoms with van der Waals surface area (Å²) in [4.78, 5) is 24.1. The second kappa shape index (κ2) is 5.27. The van der Waals surface area contributed by atoms with Gasteiger partial charge in [0.2, 0.25) is 5.82 Å². The van der Waals surface area contributed by atoms with Crippen LogP contribution in [0.3, 0.4) is 0 Å². The molecule has 0 aromatic carbocycles. The van der Waals surface area contributed by atoms with E-state index in [0.717, 1.165) is 32.0 Å². The van der Waals surface area contributed by atoms with Crippen LogP contribution in [0.2, 0.25) is 0 Å². The van der Waals surface area contributed by atoms with Crippen LogP contribution < -0.4 is 16.6 Å². The molecule has 1 aliphatic rings. The molecular weight excluding hydrogens is 225 g/mol. The van der Waals surface area contributed by atoms with Crippen LogP contribution in [-0.4, -0.2) is 22.1 Å².